The van der Waals surface area contributed by atoms with Gasteiger partial charge in [-0.05, 0) is 79.8 Å². The van der Waals surface area contributed by atoms with Crippen molar-refractivity contribution >= 4 is 23.0 Å². The van der Waals surface area contributed by atoms with Crippen LogP contribution in [0, 0.1) is 5.92 Å². The smallest absolute Gasteiger partial charge is 0.416 e. The van der Waals surface area contributed by atoms with E-state index in [0.29, 0.717) is 40.3 Å². The molecule has 4 aromatic rings. The molecule has 0 spiro atoms. The number of carbonyl (C=O) groups is 1. The number of hydrogen-bond acceptors (Lipinski definition) is 6. The van der Waals surface area contributed by atoms with E-state index in [4.69, 9.17) is 4.98 Å². The Morgan fingerprint density at radius 2 is 1.85 bits per heavy atom. The summed E-state index contributed by atoms with van der Waals surface area (Å²) < 4.78 is 41.4. The quantitative estimate of drug-likeness (QED) is 0.279. The number of aromatic carboxylic acids is 1. The van der Waals surface area contributed by atoms with Crippen molar-refractivity contribution in [2.75, 3.05) is 5.32 Å². The molecule has 0 unspecified atom stereocenters. The van der Waals surface area contributed by atoms with Crippen molar-refractivity contribution in [3.63, 3.8) is 0 Å². The number of nitrogens with one attached hydrogen (secondary N) is 1. The molecule has 39 heavy (non-hydrogen) atoms. The maximum atomic E-state index is 13.2. The Bertz CT molecular complexity index is 1540. The SMILES string of the molecule is C[C@@H](Nc1nc(C(=O)O)nc2nc(-c3cc(C4CC4)ccn3)n(Cc3ccc(C(F)(F)F)cc3)c12)C1CCC1. The van der Waals surface area contributed by atoms with Crippen LogP contribution in [0.15, 0.2) is 42.6 Å². The van der Waals surface area contributed by atoms with Gasteiger partial charge in [0.05, 0.1) is 5.56 Å². The topological polar surface area (TPSA) is 106 Å². The summed E-state index contributed by atoms with van der Waals surface area (Å²) in [5.74, 6) is 0.0361. The van der Waals surface area contributed by atoms with E-state index in [1.807, 2.05) is 23.6 Å². The van der Waals surface area contributed by atoms with Crippen LogP contribution in [-0.2, 0) is 12.7 Å². The van der Waals surface area contributed by atoms with Crippen LogP contribution in [0.2, 0.25) is 0 Å². The molecule has 6 rings (SSSR count). The van der Waals surface area contributed by atoms with E-state index in [1.165, 1.54) is 12.1 Å². The molecule has 3 aromatic heterocycles. The monoisotopic (exact) mass is 536 g/mol. The highest BCUT2D eigenvalue weighted by Gasteiger charge is 2.31. The Hall–Kier alpha value is -4.02. The zero-order valence-electron chi connectivity index (χ0n) is 21.2. The standard InChI is InChI=1S/C28H27F3N6O2/c1-15(17-3-2-4-17)33-23-22-24(35-25(34-23)27(38)39)36-26(21-13-19(11-12-32-21)18-7-8-18)37(22)14-16-5-9-20(10-6-16)28(29,30)31/h5-6,9-13,15,17-18H,2-4,7-8,14H2,1H3,(H,38,39)(H,33,34,35)/t15-/m1/s1. The summed E-state index contributed by atoms with van der Waals surface area (Å²) in [7, 11) is 0. The van der Waals surface area contributed by atoms with Crippen LogP contribution in [0.3, 0.4) is 0 Å². The lowest BCUT2D eigenvalue weighted by Gasteiger charge is -2.32. The van der Waals surface area contributed by atoms with Gasteiger partial charge in [0.25, 0.3) is 0 Å². The average Bonchev–Trinajstić information content (AvgIpc) is 3.65. The number of imidazole rings is 1. The molecule has 2 aliphatic carbocycles. The molecule has 11 heteroatoms. The van der Waals surface area contributed by atoms with Gasteiger partial charge in [0.15, 0.2) is 17.3 Å². The van der Waals surface area contributed by atoms with Gasteiger partial charge in [0.2, 0.25) is 5.82 Å². The number of carboxylic acids is 1. The summed E-state index contributed by atoms with van der Waals surface area (Å²) in [4.78, 5) is 29.7. The first-order chi connectivity index (χ1) is 18.7. The zero-order valence-corrected chi connectivity index (χ0v) is 21.2. The molecule has 1 atom stereocenters. The third-order valence-corrected chi connectivity index (χ3v) is 7.70. The lowest BCUT2D eigenvalue weighted by molar-refractivity contribution is -0.137. The van der Waals surface area contributed by atoms with Crippen molar-refractivity contribution < 1.29 is 23.1 Å². The molecule has 2 aliphatic rings. The Balaban J connectivity index is 1.51. The minimum atomic E-state index is -4.44. The normalized spacial score (nSPS) is 16.7. The molecular weight excluding hydrogens is 509 g/mol. The fraction of sp³-hybridized carbons (Fsp3) is 0.393. The number of rotatable bonds is 8. The predicted molar refractivity (Wildman–Crippen MR) is 138 cm³/mol. The van der Waals surface area contributed by atoms with E-state index < -0.39 is 17.7 Å². The van der Waals surface area contributed by atoms with Crippen molar-refractivity contribution in [3.05, 3.63) is 65.1 Å². The van der Waals surface area contributed by atoms with Gasteiger partial charge < -0.3 is 15.0 Å². The molecular formula is C28H27F3N6O2. The Kier molecular flexibility index (Phi) is 6.23. The van der Waals surface area contributed by atoms with E-state index in [-0.39, 0.29) is 24.1 Å². The van der Waals surface area contributed by atoms with Gasteiger partial charge in [-0.2, -0.15) is 13.2 Å². The number of halogens is 3. The van der Waals surface area contributed by atoms with Crippen LogP contribution in [-0.4, -0.2) is 41.6 Å². The first kappa shape index (κ1) is 25.3. The van der Waals surface area contributed by atoms with Gasteiger partial charge in [-0.3, -0.25) is 4.98 Å². The van der Waals surface area contributed by atoms with Gasteiger partial charge in [0.1, 0.15) is 11.2 Å². The summed E-state index contributed by atoms with van der Waals surface area (Å²) in [5, 5.41) is 13.1. The molecule has 3 heterocycles. The fourth-order valence-electron chi connectivity index (χ4n) is 5.08. The molecule has 0 radical (unpaired) electrons. The second-order valence-electron chi connectivity index (χ2n) is 10.5. The fourth-order valence-corrected chi connectivity index (χ4v) is 5.08. The van der Waals surface area contributed by atoms with Crippen molar-refractivity contribution in [1.29, 1.82) is 0 Å². The maximum Gasteiger partial charge on any atom is 0.416 e. The van der Waals surface area contributed by atoms with Crippen LogP contribution in [0.25, 0.3) is 22.7 Å². The number of benzene rings is 1. The maximum absolute atomic E-state index is 13.2. The van der Waals surface area contributed by atoms with Crippen LogP contribution in [0.5, 0.6) is 0 Å². The van der Waals surface area contributed by atoms with E-state index in [0.717, 1.165) is 49.8 Å². The van der Waals surface area contributed by atoms with Gasteiger partial charge in [-0.1, -0.05) is 18.6 Å². The number of fused-ring (bicyclic) bond motifs is 1. The molecule has 1 aromatic carbocycles. The number of alkyl halides is 3. The molecule has 0 aliphatic heterocycles. The van der Waals surface area contributed by atoms with E-state index in [2.05, 4.69) is 20.3 Å². The van der Waals surface area contributed by atoms with E-state index in [1.54, 1.807) is 6.20 Å². The first-order valence-electron chi connectivity index (χ1n) is 13.1. The minimum Gasteiger partial charge on any atom is -0.475 e. The van der Waals surface area contributed by atoms with Crippen LogP contribution >= 0.6 is 0 Å². The molecule has 2 fully saturated rings. The highest BCUT2D eigenvalue weighted by Crippen LogP contribution is 2.41. The highest BCUT2D eigenvalue weighted by molar-refractivity contribution is 5.92. The van der Waals surface area contributed by atoms with Crippen LogP contribution < -0.4 is 5.32 Å². The molecule has 202 valence electrons. The third kappa shape index (κ3) is 5.05. The molecule has 0 saturated heterocycles. The van der Waals surface area contributed by atoms with Gasteiger partial charge >= 0.3 is 12.1 Å². The summed E-state index contributed by atoms with van der Waals surface area (Å²) >= 11 is 0. The lowest BCUT2D eigenvalue weighted by Crippen LogP contribution is -2.31. The minimum absolute atomic E-state index is 0.0349. The number of hydrogen-bond donors (Lipinski definition) is 2. The summed E-state index contributed by atoms with van der Waals surface area (Å²) in [5.41, 5.74) is 2.28. The van der Waals surface area contributed by atoms with Crippen molar-refractivity contribution in [2.24, 2.45) is 5.92 Å². The summed E-state index contributed by atoms with van der Waals surface area (Å²) in [6, 6.07) is 8.95. The van der Waals surface area contributed by atoms with Crippen LogP contribution in [0.4, 0.5) is 19.0 Å². The third-order valence-electron chi connectivity index (χ3n) is 7.70. The molecule has 0 bridgehead atoms. The highest BCUT2D eigenvalue weighted by atomic mass is 19.4. The van der Waals surface area contributed by atoms with Gasteiger partial charge in [0, 0.05) is 18.8 Å². The number of anilines is 1. The number of aromatic nitrogens is 5. The lowest BCUT2D eigenvalue weighted by atomic mass is 9.80. The van der Waals surface area contributed by atoms with Crippen molar-refractivity contribution in [2.45, 2.75) is 63.7 Å². The predicted octanol–water partition coefficient (Wildman–Crippen LogP) is 6.13. The first-order valence-corrected chi connectivity index (χ1v) is 13.1. The largest absolute Gasteiger partial charge is 0.475 e. The summed E-state index contributed by atoms with van der Waals surface area (Å²) in [6.07, 6.45) is 2.78. The van der Waals surface area contributed by atoms with E-state index >= 15 is 0 Å². The Labute approximate surface area is 222 Å². The molecule has 8 nitrogen and oxygen atoms in total. The number of nitrogens with zero attached hydrogens (tertiary/aromatic N) is 5. The Morgan fingerprint density at radius 3 is 2.46 bits per heavy atom. The number of carboxylic acid groups (broad SMARTS) is 1. The van der Waals surface area contributed by atoms with Gasteiger partial charge in [-0.25, -0.2) is 19.7 Å². The Morgan fingerprint density at radius 1 is 1.10 bits per heavy atom. The zero-order chi connectivity index (χ0) is 27.3. The van der Waals surface area contributed by atoms with Gasteiger partial charge in [-0.15, -0.1) is 0 Å². The number of pyridine rings is 1. The van der Waals surface area contributed by atoms with Crippen LogP contribution in [0.1, 0.15) is 72.3 Å². The molecule has 2 N–H and O–H groups in total. The second kappa shape index (κ2) is 9.62. The molecule has 0 amide bonds. The second-order valence-corrected chi connectivity index (χ2v) is 10.5. The summed E-state index contributed by atoms with van der Waals surface area (Å²) in [6.45, 7) is 2.21. The van der Waals surface area contributed by atoms with E-state index in [9.17, 15) is 23.1 Å². The molecule has 2 saturated carbocycles. The van der Waals surface area contributed by atoms with Crippen molar-refractivity contribution in [1.82, 2.24) is 24.5 Å². The average molecular weight is 537 g/mol. The van der Waals surface area contributed by atoms with Crippen molar-refractivity contribution in [3.8, 4) is 11.5 Å².